The Kier molecular flexibility index (Phi) is 3.24. The molecule has 0 bridgehead atoms. The van der Waals surface area contributed by atoms with E-state index in [2.05, 4.69) is 52.4 Å². The summed E-state index contributed by atoms with van der Waals surface area (Å²) in [6.45, 7) is 3.28. The summed E-state index contributed by atoms with van der Waals surface area (Å²) in [5.41, 5.74) is 1.36. The molecule has 1 fully saturated rings. The van der Waals surface area contributed by atoms with E-state index in [1.807, 2.05) is 0 Å². The van der Waals surface area contributed by atoms with Gasteiger partial charge in [-0.1, -0.05) is 28.1 Å². The molecule has 0 saturated heterocycles. The fourth-order valence-electron chi connectivity index (χ4n) is 1.64. The second-order valence-corrected chi connectivity index (χ2v) is 5.05. The van der Waals surface area contributed by atoms with Crippen molar-refractivity contribution in [3.8, 4) is 0 Å². The zero-order valence-corrected chi connectivity index (χ0v) is 10.0. The normalized spacial score (nSPS) is 18.1. The van der Waals surface area contributed by atoms with Crippen LogP contribution in [0.25, 0.3) is 0 Å². The Bertz CT molecular complexity index is 290. The molecule has 1 nitrogen and oxygen atoms in total. The standard InChI is InChI=1S/C12H16BrN/c1-9(11-4-5-11)14-8-10-2-6-12(13)7-3-10/h2-3,6-7,9,11,14H,4-5,8H2,1H3. The van der Waals surface area contributed by atoms with Crippen LogP contribution in [0.15, 0.2) is 28.7 Å². The average Bonchev–Trinajstić information content (AvgIpc) is 3.00. The quantitative estimate of drug-likeness (QED) is 0.868. The van der Waals surface area contributed by atoms with Gasteiger partial charge >= 0.3 is 0 Å². The van der Waals surface area contributed by atoms with Gasteiger partial charge in [-0.25, -0.2) is 0 Å². The molecule has 0 heterocycles. The molecule has 1 N–H and O–H groups in total. The van der Waals surface area contributed by atoms with Crippen molar-refractivity contribution < 1.29 is 0 Å². The van der Waals surface area contributed by atoms with Gasteiger partial charge in [0.2, 0.25) is 0 Å². The van der Waals surface area contributed by atoms with Crippen LogP contribution in [0.5, 0.6) is 0 Å². The fourth-order valence-corrected chi connectivity index (χ4v) is 1.91. The SMILES string of the molecule is CC(NCc1ccc(Br)cc1)C1CC1. The van der Waals surface area contributed by atoms with Crippen molar-refractivity contribution in [3.63, 3.8) is 0 Å². The van der Waals surface area contributed by atoms with Crippen LogP contribution in [-0.4, -0.2) is 6.04 Å². The molecule has 2 heteroatoms. The molecule has 76 valence electrons. The maximum atomic E-state index is 3.56. The van der Waals surface area contributed by atoms with Gasteiger partial charge in [0.1, 0.15) is 0 Å². The number of benzene rings is 1. The van der Waals surface area contributed by atoms with Crippen LogP contribution in [-0.2, 0) is 6.54 Å². The molecule has 1 aromatic rings. The molecule has 0 aromatic heterocycles. The predicted molar refractivity (Wildman–Crippen MR) is 63.2 cm³/mol. The van der Waals surface area contributed by atoms with Crippen LogP contribution in [0.3, 0.4) is 0 Å². The summed E-state index contributed by atoms with van der Waals surface area (Å²) >= 11 is 3.44. The number of nitrogens with one attached hydrogen (secondary N) is 1. The predicted octanol–water partition coefficient (Wildman–Crippen LogP) is 3.34. The number of hydrogen-bond donors (Lipinski definition) is 1. The Labute approximate surface area is 94.0 Å². The van der Waals surface area contributed by atoms with E-state index in [1.165, 1.54) is 18.4 Å². The molecule has 0 amide bonds. The maximum Gasteiger partial charge on any atom is 0.0208 e. The zero-order chi connectivity index (χ0) is 9.97. The summed E-state index contributed by atoms with van der Waals surface area (Å²) in [5.74, 6) is 0.936. The van der Waals surface area contributed by atoms with Crippen LogP contribution in [0, 0.1) is 5.92 Å². The molecule has 0 aliphatic heterocycles. The van der Waals surface area contributed by atoms with Crippen molar-refractivity contribution in [2.24, 2.45) is 5.92 Å². The van der Waals surface area contributed by atoms with Crippen LogP contribution in [0.1, 0.15) is 25.3 Å². The number of rotatable bonds is 4. The highest BCUT2D eigenvalue weighted by Crippen LogP contribution is 2.32. The molecule has 1 aliphatic carbocycles. The monoisotopic (exact) mass is 253 g/mol. The Hall–Kier alpha value is -0.340. The number of halogens is 1. The molecule has 0 radical (unpaired) electrons. The van der Waals surface area contributed by atoms with Gasteiger partial charge in [0.15, 0.2) is 0 Å². The summed E-state index contributed by atoms with van der Waals surface area (Å²) in [6.07, 6.45) is 2.82. The Balaban J connectivity index is 1.82. The molecule has 1 unspecified atom stereocenters. The third kappa shape index (κ3) is 2.82. The van der Waals surface area contributed by atoms with E-state index in [1.54, 1.807) is 0 Å². The largest absolute Gasteiger partial charge is 0.310 e. The molecule has 0 spiro atoms. The summed E-state index contributed by atoms with van der Waals surface area (Å²) < 4.78 is 1.15. The van der Waals surface area contributed by atoms with E-state index in [-0.39, 0.29) is 0 Å². The van der Waals surface area contributed by atoms with Crippen molar-refractivity contribution in [2.75, 3.05) is 0 Å². The first-order valence-corrected chi connectivity index (χ1v) is 6.03. The molecule has 1 atom stereocenters. The Morgan fingerprint density at radius 2 is 2.00 bits per heavy atom. The van der Waals surface area contributed by atoms with Gasteiger partial charge in [0.05, 0.1) is 0 Å². The van der Waals surface area contributed by atoms with Crippen molar-refractivity contribution in [1.82, 2.24) is 5.32 Å². The van der Waals surface area contributed by atoms with E-state index >= 15 is 0 Å². The summed E-state index contributed by atoms with van der Waals surface area (Å²) in [5, 5.41) is 3.56. The van der Waals surface area contributed by atoms with Gasteiger partial charge < -0.3 is 5.32 Å². The Morgan fingerprint density at radius 3 is 2.57 bits per heavy atom. The van der Waals surface area contributed by atoms with E-state index in [4.69, 9.17) is 0 Å². The minimum atomic E-state index is 0.679. The first-order valence-electron chi connectivity index (χ1n) is 5.23. The minimum absolute atomic E-state index is 0.679. The lowest BCUT2D eigenvalue weighted by Gasteiger charge is -2.12. The molecular weight excluding hydrogens is 238 g/mol. The van der Waals surface area contributed by atoms with Gasteiger partial charge in [0, 0.05) is 17.1 Å². The third-order valence-electron chi connectivity index (χ3n) is 2.87. The lowest BCUT2D eigenvalue weighted by Crippen LogP contribution is -2.27. The first kappa shape index (κ1) is 10.2. The van der Waals surface area contributed by atoms with E-state index < -0.39 is 0 Å². The molecule has 1 saturated carbocycles. The van der Waals surface area contributed by atoms with Crippen molar-refractivity contribution >= 4 is 15.9 Å². The van der Waals surface area contributed by atoms with E-state index in [0.717, 1.165) is 16.9 Å². The van der Waals surface area contributed by atoms with Crippen molar-refractivity contribution in [2.45, 2.75) is 32.4 Å². The van der Waals surface area contributed by atoms with Crippen molar-refractivity contribution in [1.29, 1.82) is 0 Å². The lowest BCUT2D eigenvalue weighted by atomic mass is 10.2. The third-order valence-corrected chi connectivity index (χ3v) is 3.40. The van der Waals surface area contributed by atoms with Crippen LogP contribution in [0.4, 0.5) is 0 Å². The second kappa shape index (κ2) is 4.45. The molecule has 14 heavy (non-hydrogen) atoms. The fraction of sp³-hybridized carbons (Fsp3) is 0.500. The van der Waals surface area contributed by atoms with Gasteiger partial charge in [-0.3, -0.25) is 0 Å². The highest BCUT2D eigenvalue weighted by atomic mass is 79.9. The van der Waals surface area contributed by atoms with Crippen molar-refractivity contribution in [3.05, 3.63) is 34.3 Å². The highest BCUT2D eigenvalue weighted by Gasteiger charge is 2.27. The van der Waals surface area contributed by atoms with Gasteiger partial charge in [-0.2, -0.15) is 0 Å². The molecule has 1 aromatic carbocycles. The molecule has 1 aliphatic rings. The average molecular weight is 254 g/mol. The summed E-state index contributed by atoms with van der Waals surface area (Å²) in [6, 6.07) is 9.20. The van der Waals surface area contributed by atoms with Crippen LogP contribution >= 0.6 is 15.9 Å². The van der Waals surface area contributed by atoms with E-state index in [9.17, 15) is 0 Å². The van der Waals surface area contributed by atoms with Crippen LogP contribution in [0.2, 0.25) is 0 Å². The smallest absolute Gasteiger partial charge is 0.0208 e. The van der Waals surface area contributed by atoms with E-state index in [0.29, 0.717) is 6.04 Å². The van der Waals surface area contributed by atoms with Gasteiger partial charge in [0.25, 0.3) is 0 Å². The summed E-state index contributed by atoms with van der Waals surface area (Å²) in [7, 11) is 0. The molecule has 2 rings (SSSR count). The highest BCUT2D eigenvalue weighted by molar-refractivity contribution is 9.10. The molecular formula is C12H16BrN. The topological polar surface area (TPSA) is 12.0 Å². The second-order valence-electron chi connectivity index (χ2n) is 4.13. The minimum Gasteiger partial charge on any atom is -0.310 e. The van der Waals surface area contributed by atoms with Gasteiger partial charge in [-0.05, 0) is 43.4 Å². The number of hydrogen-bond acceptors (Lipinski definition) is 1. The summed E-state index contributed by atoms with van der Waals surface area (Å²) in [4.78, 5) is 0. The lowest BCUT2D eigenvalue weighted by molar-refractivity contribution is 0.496. The van der Waals surface area contributed by atoms with Crippen LogP contribution < -0.4 is 5.32 Å². The Morgan fingerprint density at radius 1 is 1.36 bits per heavy atom. The first-order chi connectivity index (χ1) is 6.75. The van der Waals surface area contributed by atoms with Gasteiger partial charge in [-0.15, -0.1) is 0 Å². The maximum absolute atomic E-state index is 3.56. The zero-order valence-electron chi connectivity index (χ0n) is 8.46.